The lowest BCUT2D eigenvalue weighted by Gasteiger charge is -2.08. The predicted octanol–water partition coefficient (Wildman–Crippen LogP) is 4.09. The van der Waals surface area contributed by atoms with Crippen molar-refractivity contribution in [2.45, 2.75) is 0 Å². The zero-order valence-electron chi connectivity index (χ0n) is 9.45. The molecule has 0 aliphatic carbocycles. The van der Waals surface area contributed by atoms with Crippen LogP contribution in [0.25, 0.3) is 0 Å². The van der Waals surface area contributed by atoms with Crippen molar-refractivity contribution in [1.29, 1.82) is 0 Å². The van der Waals surface area contributed by atoms with Crippen LogP contribution in [-0.4, -0.2) is 10.9 Å². The Labute approximate surface area is 131 Å². The minimum absolute atomic E-state index is 0.197. The average Bonchev–Trinajstić information content (AvgIpc) is 2.36. The molecule has 0 bridgehead atoms. The number of hydrogen-bond acceptors (Lipinski definition) is 3. The Morgan fingerprint density at radius 1 is 1.32 bits per heavy atom. The van der Waals surface area contributed by atoms with Gasteiger partial charge in [0.1, 0.15) is 5.82 Å². The second-order valence-corrected chi connectivity index (χ2v) is 5.85. The SMILES string of the molecule is Nc1ncc(C(=O)Nc2ccc(Br)cc2Br)cc1Cl. The van der Waals surface area contributed by atoms with E-state index in [0.717, 1.165) is 8.95 Å². The molecule has 19 heavy (non-hydrogen) atoms. The number of benzene rings is 1. The van der Waals surface area contributed by atoms with Crippen LogP contribution in [0.2, 0.25) is 5.02 Å². The van der Waals surface area contributed by atoms with Gasteiger partial charge in [-0.3, -0.25) is 4.79 Å². The summed E-state index contributed by atoms with van der Waals surface area (Å²) in [5.41, 5.74) is 6.49. The summed E-state index contributed by atoms with van der Waals surface area (Å²) in [6.45, 7) is 0. The minimum atomic E-state index is -0.308. The summed E-state index contributed by atoms with van der Waals surface area (Å²) < 4.78 is 1.68. The number of anilines is 2. The van der Waals surface area contributed by atoms with Gasteiger partial charge in [-0.25, -0.2) is 4.98 Å². The number of halogens is 3. The number of aromatic nitrogens is 1. The predicted molar refractivity (Wildman–Crippen MR) is 83.5 cm³/mol. The van der Waals surface area contributed by atoms with E-state index in [4.69, 9.17) is 17.3 Å². The first-order valence-electron chi connectivity index (χ1n) is 5.15. The topological polar surface area (TPSA) is 68.0 Å². The molecular formula is C12H8Br2ClN3O. The molecule has 0 fully saturated rings. The van der Waals surface area contributed by atoms with Gasteiger partial charge in [0.2, 0.25) is 0 Å². The number of nitrogens with two attached hydrogens (primary N) is 1. The third kappa shape index (κ3) is 3.46. The largest absolute Gasteiger partial charge is 0.382 e. The van der Waals surface area contributed by atoms with E-state index in [2.05, 4.69) is 42.2 Å². The number of carbonyl (C=O) groups excluding carboxylic acids is 1. The third-order valence-electron chi connectivity index (χ3n) is 2.31. The van der Waals surface area contributed by atoms with Gasteiger partial charge in [-0.05, 0) is 40.2 Å². The van der Waals surface area contributed by atoms with Crippen LogP contribution in [0.5, 0.6) is 0 Å². The van der Waals surface area contributed by atoms with Crippen LogP contribution in [0.15, 0.2) is 39.4 Å². The highest BCUT2D eigenvalue weighted by Crippen LogP contribution is 2.27. The number of pyridine rings is 1. The van der Waals surface area contributed by atoms with E-state index in [1.165, 1.54) is 12.3 Å². The number of amides is 1. The molecule has 0 saturated carbocycles. The van der Waals surface area contributed by atoms with E-state index < -0.39 is 0 Å². The lowest BCUT2D eigenvalue weighted by Crippen LogP contribution is -2.13. The highest BCUT2D eigenvalue weighted by molar-refractivity contribution is 9.11. The molecule has 0 saturated heterocycles. The fourth-order valence-corrected chi connectivity index (χ4v) is 2.67. The van der Waals surface area contributed by atoms with Gasteiger partial charge in [-0.15, -0.1) is 0 Å². The Balaban J connectivity index is 2.23. The fourth-order valence-electron chi connectivity index (χ4n) is 1.36. The molecule has 2 rings (SSSR count). The lowest BCUT2D eigenvalue weighted by molar-refractivity contribution is 0.102. The molecule has 2 aromatic rings. The quantitative estimate of drug-likeness (QED) is 0.791. The van der Waals surface area contributed by atoms with Crippen molar-refractivity contribution in [3.8, 4) is 0 Å². The second-order valence-electron chi connectivity index (χ2n) is 3.67. The van der Waals surface area contributed by atoms with Crippen LogP contribution in [0.4, 0.5) is 11.5 Å². The number of hydrogen-bond donors (Lipinski definition) is 2. The van der Waals surface area contributed by atoms with Gasteiger partial charge in [0.15, 0.2) is 0 Å². The fraction of sp³-hybridized carbons (Fsp3) is 0. The number of nitrogens with one attached hydrogen (secondary N) is 1. The van der Waals surface area contributed by atoms with E-state index in [9.17, 15) is 4.79 Å². The van der Waals surface area contributed by atoms with E-state index in [-0.39, 0.29) is 16.7 Å². The molecule has 1 aromatic heterocycles. The molecule has 4 nitrogen and oxygen atoms in total. The highest BCUT2D eigenvalue weighted by atomic mass is 79.9. The highest BCUT2D eigenvalue weighted by Gasteiger charge is 2.10. The summed E-state index contributed by atoms with van der Waals surface area (Å²) in [4.78, 5) is 15.9. The summed E-state index contributed by atoms with van der Waals surface area (Å²) in [7, 11) is 0. The summed E-state index contributed by atoms with van der Waals surface area (Å²) in [6.07, 6.45) is 1.38. The molecule has 3 N–H and O–H groups in total. The molecule has 98 valence electrons. The Morgan fingerprint density at radius 2 is 2.05 bits per heavy atom. The molecule has 0 spiro atoms. The van der Waals surface area contributed by atoms with Gasteiger partial charge in [-0.2, -0.15) is 0 Å². The Bertz CT molecular complexity index is 649. The average molecular weight is 405 g/mol. The van der Waals surface area contributed by atoms with Gasteiger partial charge in [0.25, 0.3) is 5.91 Å². The summed E-state index contributed by atoms with van der Waals surface area (Å²) in [5, 5.41) is 3.01. The standard InChI is InChI=1S/C12H8Br2ClN3O/c13-7-1-2-10(8(14)4-7)18-12(19)6-3-9(15)11(16)17-5-6/h1-5H,(H2,16,17)(H,18,19). The Kier molecular flexibility index (Phi) is 4.44. The van der Waals surface area contributed by atoms with Crippen molar-refractivity contribution in [1.82, 2.24) is 4.98 Å². The first-order chi connectivity index (χ1) is 8.97. The van der Waals surface area contributed by atoms with Crippen LogP contribution >= 0.6 is 43.5 Å². The maximum atomic E-state index is 12.0. The molecule has 1 heterocycles. The molecule has 0 radical (unpaired) electrons. The van der Waals surface area contributed by atoms with Gasteiger partial charge >= 0.3 is 0 Å². The van der Waals surface area contributed by atoms with Gasteiger partial charge in [0.05, 0.1) is 16.3 Å². The minimum Gasteiger partial charge on any atom is -0.382 e. The van der Waals surface area contributed by atoms with E-state index >= 15 is 0 Å². The van der Waals surface area contributed by atoms with Crippen LogP contribution in [-0.2, 0) is 0 Å². The number of nitrogen functional groups attached to an aromatic ring is 1. The van der Waals surface area contributed by atoms with Crippen molar-refractivity contribution in [3.63, 3.8) is 0 Å². The second kappa shape index (κ2) is 5.90. The Morgan fingerprint density at radius 3 is 2.68 bits per heavy atom. The molecule has 0 atom stereocenters. The molecule has 0 aliphatic heterocycles. The summed E-state index contributed by atoms with van der Waals surface area (Å²) in [5.74, 6) is -0.111. The van der Waals surface area contributed by atoms with Crippen LogP contribution < -0.4 is 11.1 Å². The van der Waals surface area contributed by atoms with Crippen molar-refractivity contribution in [2.24, 2.45) is 0 Å². The number of carbonyl (C=O) groups is 1. The van der Waals surface area contributed by atoms with E-state index in [1.807, 2.05) is 12.1 Å². The van der Waals surface area contributed by atoms with Crippen molar-refractivity contribution in [2.75, 3.05) is 11.1 Å². The smallest absolute Gasteiger partial charge is 0.257 e. The van der Waals surface area contributed by atoms with Crippen molar-refractivity contribution >= 4 is 60.9 Å². The normalized spacial score (nSPS) is 10.3. The maximum absolute atomic E-state index is 12.0. The Hall–Kier alpha value is -1.11. The zero-order valence-corrected chi connectivity index (χ0v) is 13.4. The van der Waals surface area contributed by atoms with Crippen LogP contribution in [0.1, 0.15) is 10.4 Å². The molecular weight excluding hydrogens is 397 g/mol. The van der Waals surface area contributed by atoms with Gasteiger partial charge < -0.3 is 11.1 Å². The first kappa shape index (κ1) is 14.3. The molecule has 1 aromatic carbocycles. The molecule has 7 heteroatoms. The zero-order chi connectivity index (χ0) is 14.0. The van der Waals surface area contributed by atoms with E-state index in [1.54, 1.807) is 6.07 Å². The molecule has 0 aliphatic rings. The van der Waals surface area contributed by atoms with E-state index in [0.29, 0.717) is 11.3 Å². The summed E-state index contributed by atoms with van der Waals surface area (Å²) >= 11 is 12.5. The van der Waals surface area contributed by atoms with Crippen LogP contribution in [0, 0.1) is 0 Å². The van der Waals surface area contributed by atoms with Crippen LogP contribution in [0.3, 0.4) is 0 Å². The lowest BCUT2D eigenvalue weighted by atomic mass is 10.2. The number of nitrogens with zero attached hydrogens (tertiary/aromatic N) is 1. The van der Waals surface area contributed by atoms with Gasteiger partial charge in [0, 0.05) is 15.1 Å². The van der Waals surface area contributed by atoms with Crippen molar-refractivity contribution in [3.05, 3.63) is 50.0 Å². The first-order valence-corrected chi connectivity index (χ1v) is 7.11. The third-order valence-corrected chi connectivity index (χ3v) is 3.76. The molecule has 0 unspecified atom stereocenters. The maximum Gasteiger partial charge on any atom is 0.257 e. The number of rotatable bonds is 2. The molecule has 1 amide bonds. The van der Waals surface area contributed by atoms with Crippen molar-refractivity contribution < 1.29 is 4.79 Å². The van der Waals surface area contributed by atoms with Gasteiger partial charge in [-0.1, -0.05) is 27.5 Å². The monoisotopic (exact) mass is 403 g/mol. The summed E-state index contributed by atoms with van der Waals surface area (Å²) in [6, 6.07) is 6.92.